The van der Waals surface area contributed by atoms with E-state index in [1.54, 1.807) is 13.8 Å². The van der Waals surface area contributed by atoms with Gasteiger partial charge in [0, 0.05) is 12.1 Å². The maximum atomic E-state index is 11.2. The topological polar surface area (TPSA) is 70.2 Å². The van der Waals surface area contributed by atoms with Crippen molar-refractivity contribution in [2.75, 3.05) is 0 Å². The number of aromatic nitrogens is 1. The quantitative estimate of drug-likeness (QED) is 0.668. The van der Waals surface area contributed by atoms with E-state index in [9.17, 15) is 14.7 Å². The summed E-state index contributed by atoms with van der Waals surface area (Å²) in [5.74, 6) is -0.591. The zero-order chi connectivity index (χ0) is 10.0. The third kappa shape index (κ3) is 1.77. The van der Waals surface area contributed by atoms with Crippen molar-refractivity contribution in [3.05, 3.63) is 27.7 Å². The number of pyridine rings is 1. The number of rotatable bonds is 2. The van der Waals surface area contributed by atoms with E-state index in [-0.39, 0.29) is 23.5 Å². The van der Waals surface area contributed by atoms with Gasteiger partial charge in [-0.1, -0.05) is 6.92 Å². The molecule has 0 aliphatic heterocycles. The van der Waals surface area contributed by atoms with E-state index in [2.05, 4.69) is 4.98 Å². The second-order valence-electron chi connectivity index (χ2n) is 2.82. The molecule has 0 saturated carbocycles. The van der Waals surface area contributed by atoms with Crippen molar-refractivity contribution < 1.29 is 9.90 Å². The number of carbonyl (C=O) groups excluding carboxylic acids is 1. The van der Waals surface area contributed by atoms with Gasteiger partial charge in [-0.25, -0.2) is 0 Å². The van der Waals surface area contributed by atoms with Crippen LogP contribution in [0, 0.1) is 6.92 Å². The van der Waals surface area contributed by atoms with Gasteiger partial charge >= 0.3 is 0 Å². The van der Waals surface area contributed by atoms with Crippen LogP contribution in [-0.2, 0) is 0 Å². The summed E-state index contributed by atoms with van der Waals surface area (Å²) < 4.78 is 0. The number of hydrogen-bond acceptors (Lipinski definition) is 3. The lowest BCUT2D eigenvalue weighted by molar-refractivity contribution is 0.0984. The molecule has 70 valence electrons. The van der Waals surface area contributed by atoms with Crippen LogP contribution in [0.4, 0.5) is 0 Å². The molecule has 4 nitrogen and oxygen atoms in total. The highest BCUT2D eigenvalue weighted by Gasteiger charge is 2.13. The van der Waals surface area contributed by atoms with Crippen molar-refractivity contribution in [1.29, 1.82) is 0 Å². The summed E-state index contributed by atoms with van der Waals surface area (Å²) in [6.45, 7) is 3.28. The number of nitrogens with one attached hydrogen (secondary N) is 1. The summed E-state index contributed by atoms with van der Waals surface area (Å²) in [6, 6.07) is 1.37. The third-order valence-electron chi connectivity index (χ3n) is 1.75. The number of ketones is 1. The fourth-order valence-electron chi connectivity index (χ4n) is 1.12. The first-order valence-corrected chi connectivity index (χ1v) is 4.02. The minimum absolute atomic E-state index is 0.145. The fourth-order valence-corrected chi connectivity index (χ4v) is 1.12. The number of carbonyl (C=O) groups is 1. The van der Waals surface area contributed by atoms with Gasteiger partial charge < -0.3 is 10.1 Å². The average Bonchev–Trinajstić information content (AvgIpc) is 2.02. The lowest BCUT2D eigenvalue weighted by atomic mass is 10.1. The predicted octanol–water partition coefficient (Wildman–Crippen LogP) is 0.982. The molecule has 0 saturated heterocycles. The van der Waals surface area contributed by atoms with Gasteiger partial charge in [-0.2, -0.15) is 0 Å². The first kappa shape index (κ1) is 9.51. The van der Waals surface area contributed by atoms with E-state index in [1.165, 1.54) is 6.07 Å². The van der Waals surface area contributed by atoms with Gasteiger partial charge in [-0.3, -0.25) is 9.59 Å². The van der Waals surface area contributed by atoms with Crippen molar-refractivity contribution in [3.63, 3.8) is 0 Å². The zero-order valence-corrected chi connectivity index (χ0v) is 7.55. The molecule has 1 heterocycles. The van der Waals surface area contributed by atoms with Crippen molar-refractivity contribution >= 4 is 5.78 Å². The van der Waals surface area contributed by atoms with Gasteiger partial charge in [0.05, 0.1) is 0 Å². The first-order valence-electron chi connectivity index (χ1n) is 4.02. The lowest BCUT2D eigenvalue weighted by Gasteiger charge is -2.01. The van der Waals surface area contributed by atoms with Crippen molar-refractivity contribution in [3.8, 4) is 5.75 Å². The molecule has 2 N–H and O–H groups in total. The van der Waals surface area contributed by atoms with Crippen molar-refractivity contribution in [2.24, 2.45) is 0 Å². The van der Waals surface area contributed by atoms with Gasteiger partial charge in [0.25, 0.3) is 5.56 Å². The number of hydrogen-bond donors (Lipinski definition) is 2. The van der Waals surface area contributed by atoms with Crippen LogP contribution < -0.4 is 5.56 Å². The number of aromatic hydroxyl groups is 1. The molecule has 0 fully saturated rings. The number of Topliss-reactive ketones (excluding diaryl/α,β-unsaturated/α-hetero) is 1. The fraction of sp³-hybridized carbons (Fsp3) is 0.333. The molecule has 4 heteroatoms. The summed E-state index contributed by atoms with van der Waals surface area (Å²) >= 11 is 0. The van der Waals surface area contributed by atoms with Crippen LogP contribution in [0.5, 0.6) is 5.75 Å². The molecular formula is C9H11NO3. The van der Waals surface area contributed by atoms with Gasteiger partial charge in [0.15, 0.2) is 5.78 Å². The smallest absolute Gasteiger partial charge is 0.262 e. The van der Waals surface area contributed by atoms with Gasteiger partial charge in [-0.15, -0.1) is 0 Å². The summed E-state index contributed by atoms with van der Waals surface area (Å²) in [5.41, 5.74) is -0.132. The van der Waals surface area contributed by atoms with E-state index in [4.69, 9.17) is 0 Å². The first-order chi connectivity index (χ1) is 6.06. The Kier molecular flexibility index (Phi) is 2.51. The molecule has 0 aliphatic rings. The van der Waals surface area contributed by atoms with Crippen LogP contribution in [0.3, 0.4) is 0 Å². The summed E-state index contributed by atoms with van der Waals surface area (Å²) in [4.78, 5) is 24.9. The Morgan fingerprint density at radius 2 is 2.23 bits per heavy atom. The maximum absolute atomic E-state index is 11.2. The monoisotopic (exact) mass is 181 g/mol. The van der Waals surface area contributed by atoms with Crippen LogP contribution in [0.15, 0.2) is 10.9 Å². The summed E-state index contributed by atoms with van der Waals surface area (Å²) in [5, 5.41) is 9.33. The minimum atomic E-state index is -0.524. The molecule has 1 rings (SSSR count). The third-order valence-corrected chi connectivity index (χ3v) is 1.75. The van der Waals surface area contributed by atoms with E-state index >= 15 is 0 Å². The Hall–Kier alpha value is -1.58. The number of aryl methyl sites for hydroxylation is 1. The average molecular weight is 181 g/mol. The maximum Gasteiger partial charge on any atom is 0.262 e. The van der Waals surface area contributed by atoms with Crippen LogP contribution in [0.2, 0.25) is 0 Å². The number of aromatic amines is 1. The van der Waals surface area contributed by atoms with E-state index in [0.717, 1.165) is 0 Å². The predicted molar refractivity (Wildman–Crippen MR) is 48.1 cm³/mol. The highest BCUT2D eigenvalue weighted by molar-refractivity contribution is 5.97. The molecule has 0 unspecified atom stereocenters. The molecular weight excluding hydrogens is 170 g/mol. The molecule has 0 amide bonds. The highest BCUT2D eigenvalue weighted by Crippen LogP contribution is 2.14. The normalized spacial score (nSPS) is 10.0. The zero-order valence-electron chi connectivity index (χ0n) is 7.55. The van der Waals surface area contributed by atoms with Crippen LogP contribution in [0.25, 0.3) is 0 Å². The van der Waals surface area contributed by atoms with Crippen LogP contribution in [0.1, 0.15) is 29.4 Å². The lowest BCUT2D eigenvalue weighted by Crippen LogP contribution is -2.17. The molecule has 1 aromatic heterocycles. The number of H-pyrrole nitrogens is 1. The highest BCUT2D eigenvalue weighted by atomic mass is 16.3. The Bertz CT molecular complexity index is 392. The second-order valence-corrected chi connectivity index (χ2v) is 2.82. The Morgan fingerprint density at radius 1 is 1.62 bits per heavy atom. The molecule has 13 heavy (non-hydrogen) atoms. The Balaban J connectivity index is 3.38. The van der Waals surface area contributed by atoms with Crippen molar-refractivity contribution in [1.82, 2.24) is 4.98 Å². The van der Waals surface area contributed by atoms with Gasteiger partial charge in [-0.05, 0) is 13.0 Å². The Labute approximate surface area is 75.2 Å². The van der Waals surface area contributed by atoms with Crippen LogP contribution >= 0.6 is 0 Å². The molecule has 0 bridgehead atoms. The molecule has 1 aromatic rings. The summed E-state index contributed by atoms with van der Waals surface area (Å²) in [6.07, 6.45) is 0.208. The van der Waals surface area contributed by atoms with E-state index in [1.807, 2.05) is 0 Å². The second kappa shape index (κ2) is 3.43. The SMILES string of the molecule is CCC(=O)c1c(O)cc(C)[nH]c1=O. The van der Waals surface area contributed by atoms with E-state index in [0.29, 0.717) is 5.69 Å². The van der Waals surface area contributed by atoms with Gasteiger partial charge in [0.1, 0.15) is 11.3 Å². The van der Waals surface area contributed by atoms with Crippen LogP contribution in [-0.4, -0.2) is 15.9 Å². The molecule has 0 aromatic carbocycles. The molecule has 0 atom stereocenters. The van der Waals surface area contributed by atoms with Crippen molar-refractivity contribution in [2.45, 2.75) is 20.3 Å². The largest absolute Gasteiger partial charge is 0.507 e. The van der Waals surface area contributed by atoms with Gasteiger partial charge in [0.2, 0.25) is 0 Å². The Morgan fingerprint density at radius 3 is 2.69 bits per heavy atom. The van der Waals surface area contributed by atoms with E-state index < -0.39 is 5.56 Å². The minimum Gasteiger partial charge on any atom is -0.507 e. The molecule has 0 spiro atoms. The summed E-state index contributed by atoms with van der Waals surface area (Å²) in [7, 11) is 0. The standard InChI is InChI=1S/C9H11NO3/c1-3-6(11)8-7(12)4-5(2)10-9(8)13/h4H,3H2,1-2H3,(H2,10,12,13). The molecule has 0 aliphatic carbocycles. The molecule has 0 radical (unpaired) electrons.